The van der Waals surface area contributed by atoms with Gasteiger partial charge in [-0.2, -0.15) is 0 Å². The fourth-order valence-electron chi connectivity index (χ4n) is 1.21. The van der Waals surface area contributed by atoms with Gasteiger partial charge in [-0.15, -0.1) is 0 Å². The maximum atomic E-state index is 11.2. The van der Waals surface area contributed by atoms with Crippen LogP contribution in [0.3, 0.4) is 0 Å². The maximum Gasteiger partial charge on any atom is 0.263 e. The molecule has 0 aliphatic rings. The van der Waals surface area contributed by atoms with E-state index in [0.717, 1.165) is 0 Å². The van der Waals surface area contributed by atoms with Gasteiger partial charge in [-0.1, -0.05) is 11.6 Å². The summed E-state index contributed by atoms with van der Waals surface area (Å²) in [7, 11) is 1.41. The molecular weight excluding hydrogens is 327 g/mol. The first-order chi connectivity index (χ1) is 6.88. The minimum absolute atomic E-state index is 0.103. The predicted octanol–water partition coefficient (Wildman–Crippen LogP) is 2.91. The smallest absolute Gasteiger partial charge is 0.263 e. The summed E-state index contributed by atoms with van der Waals surface area (Å²) in [4.78, 5) is 6.67. The SMILES string of the molecule is O=S(=O)(Cl)c1cc(Cl)cc2[nH]c(Br)nc12. The van der Waals surface area contributed by atoms with Gasteiger partial charge in [0.2, 0.25) is 0 Å². The second-order valence-electron chi connectivity index (χ2n) is 2.77. The summed E-state index contributed by atoms with van der Waals surface area (Å²) in [6, 6.07) is 2.83. The Labute approximate surface area is 103 Å². The number of fused-ring (bicyclic) bond motifs is 1. The molecule has 1 aromatic carbocycles. The molecule has 0 unspecified atom stereocenters. The molecule has 0 saturated heterocycles. The van der Waals surface area contributed by atoms with Gasteiger partial charge in [0.25, 0.3) is 9.05 Å². The highest BCUT2D eigenvalue weighted by Crippen LogP contribution is 2.29. The van der Waals surface area contributed by atoms with E-state index in [1.54, 1.807) is 6.07 Å². The van der Waals surface area contributed by atoms with E-state index in [2.05, 4.69) is 25.9 Å². The van der Waals surface area contributed by atoms with Crippen molar-refractivity contribution in [1.29, 1.82) is 0 Å². The number of hydrogen-bond acceptors (Lipinski definition) is 3. The Balaban J connectivity index is 2.94. The van der Waals surface area contributed by atoms with Crippen LogP contribution in [-0.2, 0) is 9.05 Å². The van der Waals surface area contributed by atoms with Gasteiger partial charge in [0.15, 0.2) is 4.73 Å². The van der Waals surface area contributed by atoms with E-state index in [4.69, 9.17) is 22.3 Å². The summed E-state index contributed by atoms with van der Waals surface area (Å²) in [5.74, 6) is 0. The third-order valence-electron chi connectivity index (χ3n) is 1.75. The van der Waals surface area contributed by atoms with Gasteiger partial charge < -0.3 is 4.98 Å². The first-order valence-electron chi connectivity index (χ1n) is 3.67. The highest BCUT2D eigenvalue weighted by atomic mass is 79.9. The summed E-state index contributed by atoms with van der Waals surface area (Å²) in [6.07, 6.45) is 0. The van der Waals surface area contributed by atoms with Crippen LogP contribution in [0.15, 0.2) is 21.8 Å². The van der Waals surface area contributed by atoms with Crippen molar-refractivity contribution in [3.8, 4) is 0 Å². The molecule has 0 aliphatic carbocycles. The zero-order valence-corrected chi connectivity index (χ0v) is 10.9. The number of benzene rings is 1. The average molecular weight is 330 g/mol. The molecule has 0 saturated carbocycles. The number of aromatic amines is 1. The van der Waals surface area contributed by atoms with E-state index < -0.39 is 9.05 Å². The first-order valence-corrected chi connectivity index (χ1v) is 7.15. The van der Waals surface area contributed by atoms with Crippen LogP contribution in [0.2, 0.25) is 5.02 Å². The molecule has 15 heavy (non-hydrogen) atoms. The first kappa shape index (κ1) is 11.2. The Morgan fingerprint density at radius 1 is 1.40 bits per heavy atom. The van der Waals surface area contributed by atoms with Crippen molar-refractivity contribution in [3.05, 3.63) is 21.9 Å². The summed E-state index contributed by atoms with van der Waals surface area (Å²) < 4.78 is 22.9. The summed E-state index contributed by atoms with van der Waals surface area (Å²) in [6.45, 7) is 0. The number of rotatable bonds is 1. The highest BCUT2D eigenvalue weighted by molar-refractivity contribution is 9.10. The quantitative estimate of drug-likeness (QED) is 0.818. The van der Waals surface area contributed by atoms with Crippen LogP contribution in [0.4, 0.5) is 0 Å². The van der Waals surface area contributed by atoms with E-state index in [-0.39, 0.29) is 15.4 Å². The highest BCUT2D eigenvalue weighted by Gasteiger charge is 2.18. The number of aromatic nitrogens is 2. The lowest BCUT2D eigenvalue weighted by Crippen LogP contribution is -1.92. The molecule has 0 radical (unpaired) electrons. The van der Waals surface area contributed by atoms with Crippen LogP contribution >= 0.6 is 38.2 Å². The standard InChI is InChI=1S/C7H3BrCl2N2O2S/c8-7-11-4-1-3(9)2-5(6(4)12-7)15(10,13)14/h1-2H,(H,11,12). The lowest BCUT2D eigenvalue weighted by Gasteiger charge is -1.98. The van der Waals surface area contributed by atoms with Crippen LogP contribution in [-0.4, -0.2) is 18.4 Å². The molecule has 2 aromatic rings. The van der Waals surface area contributed by atoms with E-state index in [0.29, 0.717) is 10.3 Å². The molecule has 2 rings (SSSR count). The third kappa shape index (κ3) is 2.13. The lowest BCUT2D eigenvalue weighted by atomic mass is 10.3. The molecule has 0 spiro atoms. The fraction of sp³-hybridized carbons (Fsp3) is 0. The molecule has 0 atom stereocenters. The Kier molecular flexibility index (Phi) is 2.70. The van der Waals surface area contributed by atoms with Gasteiger partial charge >= 0.3 is 0 Å². The Hall–Kier alpha value is -0.300. The summed E-state index contributed by atoms with van der Waals surface area (Å²) in [5.41, 5.74) is 0.773. The van der Waals surface area contributed by atoms with Gasteiger partial charge in [-0.05, 0) is 28.1 Å². The Morgan fingerprint density at radius 3 is 2.67 bits per heavy atom. The van der Waals surface area contributed by atoms with Gasteiger partial charge in [-0.25, -0.2) is 13.4 Å². The molecular formula is C7H3BrCl2N2O2S. The van der Waals surface area contributed by atoms with Crippen LogP contribution in [0.25, 0.3) is 11.0 Å². The number of halogens is 3. The zero-order chi connectivity index (χ0) is 11.2. The van der Waals surface area contributed by atoms with Crippen LogP contribution in [0.1, 0.15) is 0 Å². The second-order valence-corrected chi connectivity index (χ2v) is 6.49. The Morgan fingerprint density at radius 2 is 2.07 bits per heavy atom. The van der Waals surface area contributed by atoms with Crippen molar-refractivity contribution in [2.75, 3.05) is 0 Å². The normalized spacial score (nSPS) is 12.2. The van der Waals surface area contributed by atoms with Crippen molar-refractivity contribution in [2.24, 2.45) is 0 Å². The summed E-state index contributed by atoms with van der Waals surface area (Å²) in [5, 5.41) is 0.276. The van der Waals surface area contributed by atoms with E-state index in [9.17, 15) is 8.42 Å². The van der Waals surface area contributed by atoms with Crippen molar-refractivity contribution in [1.82, 2.24) is 9.97 Å². The molecule has 0 amide bonds. The minimum Gasteiger partial charge on any atom is -0.332 e. The molecule has 1 heterocycles. The van der Waals surface area contributed by atoms with Crippen molar-refractivity contribution in [3.63, 3.8) is 0 Å². The molecule has 1 N–H and O–H groups in total. The van der Waals surface area contributed by atoms with Gasteiger partial charge in [0.1, 0.15) is 10.4 Å². The number of nitrogens with zero attached hydrogens (tertiary/aromatic N) is 1. The fourth-order valence-corrected chi connectivity index (χ4v) is 2.89. The van der Waals surface area contributed by atoms with Gasteiger partial charge in [0, 0.05) is 15.7 Å². The topological polar surface area (TPSA) is 62.8 Å². The lowest BCUT2D eigenvalue weighted by molar-refractivity contribution is 0.610. The largest absolute Gasteiger partial charge is 0.332 e. The van der Waals surface area contributed by atoms with Crippen LogP contribution < -0.4 is 0 Å². The maximum absolute atomic E-state index is 11.2. The van der Waals surface area contributed by atoms with E-state index >= 15 is 0 Å². The van der Waals surface area contributed by atoms with Crippen molar-refractivity contribution in [2.45, 2.75) is 4.90 Å². The molecule has 1 aromatic heterocycles. The second kappa shape index (κ2) is 3.62. The molecule has 0 aliphatic heterocycles. The van der Waals surface area contributed by atoms with Crippen molar-refractivity contribution < 1.29 is 8.42 Å². The molecule has 0 fully saturated rings. The van der Waals surface area contributed by atoms with Crippen molar-refractivity contribution >= 4 is 58.3 Å². The molecule has 4 nitrogen and oxygen atoms in total. The molecule has 8 heteroatoms. The monoisotopic (exact) mass is 328 g/mol. The average Bonchev–Trinajstić information content (AvgIpc) is 2.41. The van der Waals surface area contributed by atoms with Crippen LogP contribution in [0, 0.1) is 0 Å². The third-order valence-corrected chi connectivity index (χ3v) is 3.68. The number of imidazole rings is 1. The summed E-state index contributed by atoms with van der Waals surface area (Å²) >= 11 is 8.86. The van der Waals surface area contributed by atoms with Gasteiger partial charge in [-0.3, -0.25) is 0 Å². The van der Waals surface area contributed by atoms with Gasteiger partial charge in [0.05, 0.1) is 5.52 Å². The predicted molar refractivity (Wildman–Crippen MR) is 61.8 cm³/mol. The van der Waals surface area contributed by atoms with E-state index in [1.807, 2.05) is 0 Å². The molecule has 80 valence electrons. The van der Waals surface area contributed by atoms with Crippen LogP contribution in [0.5, 0.6) is 0 Å². The number of H-pyrrole nitrogens is 1. The minimum atomic E-state index is -3.85. The van der Waals surface area contributed by atoms with E-state index in [1.165, 1.54) is 6.07 Å². The molecule has 0 bridgehead atoms. The number of hydrogen-bond donors (Lipinski definition) is 1. The number of nitrogens with one attached hydrogen (secondary N) is 1. The Bertz CT molecular complexity index is 638. The zero-order valence-electron chi connectivity index (χ0n) is 6.96.